The van der Waals surface area contributed by atoms with Gasteiger partial charge in [-0.05, 0) is 20.3 Å². The lowest BCUT2D eigenvalue weighted by Crippen LogP contribution is -2.17. The molecule has 0 spiro atoms. The van der Waals surface area contributed by atoms with Crippen molar-refractivity contribution in [2.75, 3.05) is 5.43 Å². The highest BCUT2D eigenvalue weighted by atomic mass is 16.5. The van der Waals surface area contributed by atoms with Crippen LogP contribution in [0.15, 0.2) is 0 Å². The Hall–Kier alpha value is -1.36. The molecule has 0 bridgehead atoms. The molecule has 0 saturated carbocycles. The molecule has 0 aliphatic heterocycles. The van der Waals surface area contributed by atoms with E-state index in [0.29, 0.717) is 11.7 Å². The van der Waals surface area contributed by atoms with Crippen LogP contribution in [-0.4, -0.2) is 16.1 Å². The molecule has 17 heavy (non-hydrogen) atoms. The maximum Gasteiger partial charge on any atom is 0.222 e. The summed E-state index contributed by atoms with van der Waals surface area (Å²) in [7, 11) is 0. The minimum Gasteiger partial charge on any atom is -0.474 e. The van der Waals surface area contributed by atoms with Crippen molar-refractivity contribution < 1.29 is 4.74 Å². The number of nitrogens with two attached hydrogens (primary N) is 1. The second kappa shape index (κ2) is 5.82. The van der Waals surface area contributed by atoms with Gasteiger partial charge in [-0.2, -0.15) is 4.98 Å². The molecule has 1 aromatic rings. The van der Waals surface area contributed by atoms with Gasteiger partial charge >= 0.3 is 0 Å². The summed E-state index contributed by atoms with van der Waals surface area (Å²) in [6.07, 6.45) is 1.07. The van der Waals surface area contributed by atoms with Gasteiger partial charge in [-0.15, -0.1) is 0 Å². The highest BCUT2D eigenvalue weighted by Crippen LogP contribution is 2.25. The Kier molecular flexibility index (Phi) is 4.69. The molecular formula is C12H22N4O. The van der Waals surface area contributed by atoms with Crippen LogP contribution in [0.25, 0.3) is 0 Å². The SMILES string of the molecule is CCC(C)Oc1nc(C(C)C)nc(NN)c1C. The van der Waals surface area contributed by atoms with Gasteiger partial charge in [0.1, 0.15) is 11.6 Å². The maximum atomic E-state index is 5.78. The fraction of sp³-hybridized carbons (Fsp3) is 0.667. The van der Waals surface area contributed by atoms with Gasteiger partial charge in [-0.3, -0.25) is 0 Å². The number of nitrogens with zero attached hydrogens (tertiary/aromatic N) is 2. The standard InChI is InChI=1S/C12H22N4O/c1-6-8(4)17-12-9(5)11(16-13)14-10(15-12)7(2)3/h7-8H,6,13H2,1-5H3,(H,14,15,16). The van der Waals surface area contributed by atoms with Crippen LogP contribution in [0.1, 0.15) is 51.4 Å². The average molecular weight is 238 g/mol. The smallest absolute Gasteiger partial charge is 0.222 e. The number of hydrogen-bond acceptors (Lipinski definition) is 5. The van der Waals surface area contributed by atoms with Crippen molar-refractivity contribution >= 4 is 5.82 Å². The van der Waals surface area contributed by atoms with E-state index in [1.807, 2.05) is 27.7 Å². The lowest BCUT2D eigenvalue weighted by molar-refractivity contribution is 0.206. The third-order valence-electron chi connectivity index (χ3n) is 2.66. The van der Waals surface area contributed by atoms with E-state index in [-0.39, 0.29) is 12.0 Å². The van der Waals surface area contributed by atoms with Crippen LogP contribution in [0.5, 0.6) is 5.88 Å². The molecule has 3 N–H and O–H groups in total. The molecule has 1 unspecified atom stereocenters. The fourth-order valence-electron chi connectivity index (χ4n) is 1.30. The molecule has 0 aliphatic rings. The largest absolute Gasteiger partial charge is 0.474 e. The van der Waals surface area contributed by atoms with Crippen molar-refractivity contribution in [2.24, 2.45) is 5.84 Å². The summed E-state index contributed by atoms with van der Waals surface area (Å²) >= 11 is 0. The van der Waals surface area contributed by atoms with Gasteiger partial charge in [0.05, 0.1) is 11.7 Å². The van der Waals surface area contributed by atoms with Crippen LogP contribution in [0.3, 0.4) is 0 Å². The van der Waals surface area contributed by atoms with Gasteiger partial charge in [-0.1, -0.05) is 20.8 Å². The Morgan fingerprint density at radius 1 is 1.29 bits per heavy atom. The van der Waals surface area contributed by atoms with Gasteiger partial charge in [-0.25, -0.2) is 10.8 Å². The van der Waals surface area contributed by atoms with Crippen LogP contribution in [0.4, 0.5) is 5.82 Å². The second-order valence-electron chi connectivity index (χ2n) is 4.50. The molecule has 5 heteroatoms. The van der Waals surface area contributed by atoms with Gasteiger partial charge in [0, 0.05) is 5.92 Å². The Bertz CT molecular complexity index is 379. The summed E-state index contributed by atoms with van der Waals surface area (Å²) < 4.78 is 5.78. The quantitative estimate of drug-likeness (QED) is 0.608. The third-order valence-corrected chi connectivity index (χ3v) is 2.66. The first-order valence-corrected chi connectivity index (χ1v) is 6.01. The summed E-state index contributed by atoms with van der Waals surface area (Å²) in [6, 6.07) is 0. The predicted molar refractivity (Wildman–Crippen MR) is 69.0 cm³/mol. The normalized spacial score (nSPS) is 12.6. The van der Waals surface area contributed by atoms with Crippen molar-refractivity contribution in [3.8, 4) is 5.88 Å². The summed E-state index contributed by atoms with van der Waals surface area (Å²) in [5, 5.41) is 0. The van der Waals surface area contributed by atoms with Gasteiger partial charge in [0.2, 0.25) is 5.88 Å². The Morgan fingerprint density at radius 2 is 1.94 bits per heavy atom. The Balaban J connectivity index is 3.13. The molecule has 0 aromatic carbocycles. The third kappa shape index (κ3) is 3.30. The highest BCUT2D eigenvalue weighted by molar-refractivity contribution is 5.47. The van der Waals surface area contributed by atoms with E-state index in [1.54, 1.807) is 0 Å². The number of nitrogens with one attached hydrogen (secondary N) is 1. The molecule has 1 rings (SSSR count). The Labute approximate surface area is 103 Å². The topological polar surface area (TPSA) is 73.1 Å². The molecule has 1 heterocycles. The van der Waals surface area contributed by atoms with Gasteiger partial charge in [0.15, 0.2) is 0 Å². The van der Waals surface area contributed by atoms with Crippen LogP contribution >= 0.6 is 0 Å². The van der Waals surface area contributed by atoms with E-state index < -0.39 is 0 Å². The zero-order valence-corrected chi connectivity index (χ0v) is 11.2. The highest BCUT2D eigenvalue weighted by Gasteiger charge is 2.15. The van der Waals surface area contributed by atoms with E-state index in [0.717, 1.165) is 17.8 Å². The van der Waals surface area contributed by atoms with Crippen LogP contribution in [-0.2, 0) is 0 Å². The van der Waals surface area contributed by atoms with Crippen molar-refractivity contribution in [3.05, 3.63) is 11.4 Å². The number of ether oxygens (including phenoxy) is 1. The lowest BCUT2D eigenvalue weighted by atomic mass is 10.2. The summed E-state index contributed by atoms with van der Waals surface area (Å²) in [6.45, 7) is 10.1. The predicted octanol–water partition coefficient (Wildman–Crippen LogP) is 2.37. The minimum absolute atomic E-state index is 0.134. The zero-order chi connectivity index (χ0) is 13.0. The van der Waals surface area contributed by atoms with Crippen molar-refractivity contribution in [1.82, 2.24) is 9.97 Å². The molecular weight excluding hydrogens is 216 g/mol. The number of hydrogen-bond donors (Lipinski definition) is 2. The molecule has 0 saturated heterocycles. The van der Waals surface area contributed by atoms with Crippen molar-refractivity contribution in [3.63, 3.8) is 0 Å². The molecule has 0 radical (unpaired) electrons. The lowest BCUT2D eigenvalue weighted by Gasteiger charge is -2.17. The maximum absolute atomic E-state index is 5.78. The first kappa shape index (κ1) is 13.7. The zero-order valence-electron chi connectivity index (χ0n) is 11.2. The summed E-state index contributed by atoms with van der Waals surface area (Å²) in [4.78, 5) is 8.80. The molecule has 0 aliphatic carbocycles. The number of rotatable bonds is 5. The molecule has 0 amide bonds. The van der Waals surface area contributed by atoms with Crippen LogP contribution < -0.4 is 16.0 Å². The van der Waals surface area contributed by atoms with Crippen molar-refractivity contribution in [1.29, 1.82) is 0 Å². The second-order valence-corrected chi connectivity index (χ2v) is 4.50. The van der Waals surface area contributed by atoms with Crippen molar-refractivity contribution in [2.45, 2.75) is 53.1 Å². The van der Waals surface area contributed by atoms with E-state index >= 15 is 0 Å². The van der Waals surface area contributed by atoms with Crippen LogP contribution in [0.2, 0.25) is 0 Å². The first-order valence-electron chi connectivity index (χ1n) is 6.01. The molecule has 5 nitrogen and oxygen atoms in total. The summed E-state index contributed by atoms with van der Waals surface area (Å²) in [5.41, 5.74) is 3.44. The average Bonchev–Trinajstić information content (AvgIpc) is 2.31. The Morgan fingerprint density at radius 3 is 2.41 bits per heavy atom. The molecule has 96 valence electrons. The monoisotopic (exact) mass is 238 g/mol. The van der Waals surface area contributed by atoms with E-state index in [2.05, 4.69) is 22.3 Å². The first-order chi connectivity index (χ1) is 7.99. The van der Waals surface area contributed by atoms with Gasteiger partial charge in [0.25, 0.3) is 0 Å². The van der Waals surface area contributed by atoms with E-state index in [1.165, 1.54) is 0 Å². The van der Waals surface area contributed by atoms with E-state index in [9.17, 15) is 0 Å². The number of aromatic nitrogens is 2. The fourth-order valence-corrected chi connectivity index (χ4v) is 1.30. The molecule has 1 aromatic heterocycles. The minimum atomic E-state index is 0.134. The number of anilines is 1. The van der Waals surface area contributed by atoms with Crippen LogP contribution in [0, 0.1) is 6.92 Å². The molecule has 0 fully saturated rings. The number of nitrogen functional groups attached to an aromatic ring is 1. The molecule has 1 atom stereocenters. The van der Waals surface area contributed by atoms with Gasteiger partial charge < -0.3 is 10.2 Å². The summed E-state index contributed by atoms with van der Waals surface area (Å²) in [5.74, 6) is 7.68. The number of hydrazine groups is 1. The van der Waals surface area contributed by atoms with E-state index in [4.69, 9.17) is 10.6 Å².